The summed E-state index contributed by atoms with van der Waals surface area (Å²) >= 11 is 1.49. The SMILES string of the molecule is Cc1cnn(C2CCN(C(=O)Nc3ncc(C)s3)C2)c1. The van der Waals surface area contributed by atoms with Crippen molar-refractivity contribution >= 4 is 22.5 Å². The Morgan fingerprint density at radius 3 is 2.95 bits per heavy atom. The number of nitrogens with one attached hydrogen (secondary N) is 1. The van der Waals surface area contributed by atoms with Gasteiger partial charge in [-0.3, -0.25) is 10.00 Å². The van der Waals surface area contributed by atoms with Crippen LogP contribution in [0.25, 0.3) is 0 Å². The first-order valence-electron chi connectivity index (χ1n) is 6.61. The molecule has 20 heavy (non-hydrogen) atoms. The van der Waals surface area contributed by atoms with Crippen molar-refractivity contribution in [1.29, 1.82) is 0 Å². The summed E-state index contributed by atoms with van der Waals surface area (Å²) in [6.45, 7) is 5.43. The predicted molar refractivity (Wildman–Crippen MR) is 78.1 cm³/mol. The van der Waals surface area contributed by atoms with Crippen LogP contribution in [0.15, 0.2) is 18.6 Å². The number of rotatable bonds is 2. The van der Waals surface area contributed by atoms with Crippen molar-refractivity contribution in [2.75, 3.05) is 18.4 Å². The summed E-state index contributed by atoms with van der Waals surface area (Å²) in [5, 5.41) is 7.83. The molecule has 0 saturated carbocycles. The molecule has 3 heterocycles. The highest BCUT2D eigenvalue weighted by Crippen LogP contribution is 2.23. The zero-order valence-electron chi connectivity index (χ0n) is 11.5. The van der Waals surface area contributed by atoms with Crippen LogP contribution in [0.4, 0.5) is 9.93 Å². The van der Waals surface area contributed by atoms with Crippen LogP contribution in [0, 0.1) is 13.8 Å². The van der Waals surface area contributed by atoms with Crippen LogP contribution in [0.3, 0.4) is 0 Å². The third-order valence-corrected chi connectivity index (χ3v) is 4.22. The normalized spacial score (nSPS) is 18.5. The van der Waals surface area contributed by atoms with E-state index in [4.69, 9.17) is 0 Å². The largest absolute Gasteiger partial charge is 0.323 e. The van der Waals surface area contributed by atoms with Gasteiger partial charge in [0, 0.05) is 30.4 Å². The third kappa shape index (κ3) is 2.67. The van der Waals surface area contributed by atoms with Gasteiger partial charge in [0.1, 0.15) is 0 Å². The lowest BCUT2D eigenvalue weighted by atomic mass is 10.3. The number of hydrogen-bond donors (Lipinski definition) is 1. The van der Waals surface area contributed by atoms with Crippen LogP contribution < -0.4 is 5.32 Å². The van der Waals surface area contributed by atoms with E-state index in [9.17, 15) is 4.79 Å². The Morgan fingerprint density at radius 2 is 2.30 bits per heavy atom. The van der Waals surface area contributed by atoms with Gasteiger partial charge in [0.25, 0.3) is 0 Å². The maximum absolute atomic E-state index is 12.2. The molecule has 2 aromatic heterocycles. The van der Waals surface area contributed by atoms with Gasteiger partial charge < -0.3 is 4.90 Å². The molecule has 0 bridgehead atoms. The molecular weight excluding hydrogens is 274 g/mol. The van der Waals surface area contributed by atoms with Gasteiger partial charge in [-0.05, 0) is 25.8 Å². The number of aromatic nitrogens is 3. The second-order valence-electron chi connectivity index (χ2n) is 5.09. The van der Waals surface area contributed by atoms with Gasteiger partial charge in [-0.15, -0.1) is 11.3 Å². The average Bonchev–Trinajstić information content (AvgIpc) is 3.10. The molecule has 1 aliphatic rings. The maximum atomic E-state index is 12.2. The van der Waals surface area contributed by atoms with Crippen LogP contribution in [0.1, 0.15) is 22.9 Å². The monoisotopic (exact) mass is 291 g/mol. The molecule has 0 radical (unpaired) electrons. The molecule has 1 atom stereocenters. The summed E-state index contributed by atoms with van der Waals surface area (Å²) in [7, 11) is 0. The number of aryl methyl sites for hydroxylation is 2. The summed E-state index contributed by atoms with van der Waals surface area (Å²) in [6, 6.07) is 0.193. The number of thiazole rings is 1. The van der Waals surface area contributed by atoms with Crippen molar-refractivity contribution in [3.05, 3.63) is 29.0 Å². The van der Waals surface area contributed by atoms with Gasteiger partial charge in [-0.25, -0.2) is 9.78 Å². The molecular formula is C13H17N5OS. The van der Waals surface area contributed by atoms with Gasteiger partial charge in [-0.2, -0.15) is 5.10 Å². The molecule has 1 fully saturated rings. The number of amides is 2. The molecule has 7 heteroatoms. The van der Waals surface area contributed by atoms with E-state index in [0.717, 1.165) is 23.4 Å². The minimum atomic E-state index is -0.0780. The molecule has 106 valence electrons. The van der Waals surface area contributed by atoms with Crippen molar-refractivity contribution in [3.63, 3.8) is 0 Å². The molecule has 2 amide bonds. The van der Waals surface area contributed by atoms with E-state index in [1.165, 1.54) is 11.3 Å². The molecule has 0 aliphatic carbocycles. The molecule has 1 aliphatic heterocycles. The fourth-order valence-corrected chi connectivity index (χ4v) is 3.01. The van der Waals surface area contributed by atoms with Gasteiger partial charge in [-0.1, -0.05) is 0 Å². The van der Waals surface area contributed by atoms with E-state index in [1.54, 1.807) is 6.20 Å². The standard InChI is InChI=1S/C13H17N5OS/c1-9-5-15-18(7-9)11-3-4-17(8-11)13(19)16-12-14-6-10(2)20-12/h5-7,11H,3-4,8H2,1-2H3,(H,14,16,19). The smallest absolute Gasteiger partial charge is 0.322 e. The quantitative estimate of drug-likeness (QED) is 0.924. The molecule has 0 spiro atoms. The number of carbonyl (C=O) groups is 1. The Hall–Kier alpha value is -1.89. The summed E-state index contributed by atoms with van der Waals surface area (Å²) in [4.78, 5) is 19.2. The highest BCUT2D eigenvalue weighted by Gasteiger charge is 2.28. The van der Waals surface area contributed by atoms with Crippen molar-refractivity contribution < 1.29 is 4.79 Å². The highest BCUT2D eigenvalue weighted by atomic mass is 32.1. The lowest BCUT2D eigenvalue weighted by Crippen LogP contribution is -2.33. The van der Waals surface area contributed by atoms with Crippen molar-refractivity contribution in [1.82, 2.24) is 19.7 Å². The number of carbonyl (C=O) groups excluding carboxylic acids is 1. The van der Waals surface area contributed by atoms with Gasteiger partial charge >= 0.3 is 6.03 Å². The Labute approximate surface area is 121 Å². The maximum Gasteiger partial charge on any atom is 0.323 e. The van der Waals surface area contributed by atoms with Crippen molar-refractivity contribution in [2.24, 2.45) is 0 Å². The molecule has 1 N–H and O–H groups in total. The number of nitrogens with zero attached hydrogens (tertiary/aromatic N) is 4. The molecule has 2 aromatic rings. The van der Waals surface area contributed by atoms with Crippen molar-refractivity contribution in [3.8, 4) is 0 Å². The second-order valence-corrected chi connectivity index (χ2v) is 6.33. The van der Waals surface area contributed by atoms with E-state index in [1.807, 2.05) is 35.8 Å². The van der Waals surface area contributed by atoms with E-state index in [-0.39, 0.29) is 12.1 Å². The molecule has 1 unspecified atom stereocenters. The first kappa shape index (κ1) is 13.1. The topological polar surface area (TPSA) is 63.1 Å². The third-order valence-electron chi connectivity index (χ3n) is 3.39. The van der Waals surface area contributed by atoms with Crippen LogP contribution >= 0.6 is 11.3 Å². The van der Waals surface area contributed by atoms with Crippen molar-refractivity contribution in [2.45, 2.75) is 26.3 Å². The fourth-order valence-electron chi connectivity index (χ4n) is 2.36. The summed E-state index contributed by atoms with van der Waals surface area (Å²) in [5.74, 6) is 0. The second kappa shape index (κ2) is 5.24. The van der Waals surface area contributed by atoms with Gasteiger partial charge in [0.05, 0.1) is 12.2 Å². The van der Waals surface area contributed by atoms with E-state index >= 15 is 0 Å². The van der Waals surface area contributed by atoms with E-state index in [2.05, 4.69) is 15.4 Å². The average molecular weight is 291 g/mol. The zero-order chi connectivity index (χ0) is 14.1. The Morgan fingerprint density at radius 1 is 1.45 bits per heavy atom. The first-order valence-corrected chi connectivity index (χ1v) is 7.42. The van der Waals surface area contributed by atoms with Gasteiger partial charge in [0.2, 0.25) is 0 Å². The zero-order valence-corrected chi connectivity index (χ0v) is 12.4. The number of hydrogen-bond acceptors (Lipinski definition) is 4. The minimum Gasteiger partial charge on any atom is -0.322 e. The number of likely N-dealkylation sites (tertiary alicyclic amines) is 1. The number of anilines is 1. The Bertz CT molecular complexity index is 620. The summed E-state index contributed by atoms with van der Waals surface area (Å²) < 4.78 is 1.95. The Balaban J connectivity index is 1.60. The molecule has 6 nitrogen and oxygen atoms in total. The van der Waals surface area contributed by atoms with Crippen LogP contribution in [0.5, 0.6) is 0 Å². The van der Waals surface area contributed by atoms with Crippen LogP contribution in [-0.4, -0.2) is 38.8 Å². The van der Waals surface area contributed by atoms with E-state index < -0.39 is 0 Å². The molecule has 1 saturated heterocycles. The highest BCUT2D eigenvalue weighted by molar-refractivity contribution is 7.15. The lowest BCUT2D eigenvalue weighted by Gasteiger charge is -2.16. The summed E-state index contributed by atoms with van der Waals surface area (Å²) in [6.07, 6.45) is 6.57. The molecule has 3 rings (SSSR count). The van der Waals surface area contributed by atoms with Gasteiger partial charge in [0.15, 0.2) is 5.13 Å². The predicted octanol–water partition coefficient (Wildman–Crippen LogP) is 2.44. The lowest BCUT2D eigenvalue weighted by molar-refractivity contribution is 0.220. The minimum absolute atomic E-state index is 0.0780. The van der Waals surface area contributed by atoms with Crippen LogP contribution in [0.2, 0.25) is 0 Å². The molecule has 0 aromatic carbocycles. The summed E-state index contributed by atoms with van der Waals surface area (Å²) in [5.41, 5.74) is 1.14. The van der Waals surface area contributed by atoms with Crippen LogP contribution in [-0.2, 0) is 0 Å². The van der Waals surface area contributed by atoms with E-state index in [0.29, 0.717) is 11.7 Å². The fraction of sp³-hybridized carbons (Fsp3) is 0.462. The first-order chi connectivity index (χ1) is 9.61. The number of urea groups is 1. The Kier molecular flexibility index (Phi) is 3.43.